The van der Waals surface area contributed by atoms with E-state index in [1.165, 1.54) is 64.2 Å². The predicted octanol–water partition coefficient (Wildman–Crippen LogP) is 2.23. The van der Waals surface area contributed by atoms with Crippen molar-refractivity contribution in [1.29, 1.82) is 0 Å². The Labute approximate surface area is 180 Å². The third-order valence-corrected chi connectivity index (χ3v) is 4.76. The third-order valence-electron chi connectivity index (χ3n) is 4.76. The summed E-state index contributed by atoms with van der Waals surface area (Å²) >= 11 is 0. The molecule has 164 valence electrons. The van der Waals surface area contributed by atoms with Gasteiger partial charge in [0.05, 0.1) is 12.0 Å². The molecule has 1 unspecified atom stereocenters. The number of hydrogen-bond donors (Lipinski definition) is 1. The summed E-state index contributed by atoms with van der Waals surface area (Å²) in [6.45, 7) is 2.23. The van der Waals surface area contributed by atoms with E-state index >= 15 is 0 Å². The zero-order valence-corrected chi connectivity index (χ0v) is 18.4. The summed E-state index contributed by atoms with van der Waals surface area (Å²) in [5, 5.41) is 23.6. The fourth-order valence-electron chi connectivity index (χ4n) is 3.08. The van der Waals surface area contributed by atoms with Crippen LogP contribution in [0.5, 0.6) is 0 Å². The standard InChI is InChI=1S/C21H39NO5.Fe/c1-2-3-4-5-6-7-8-9-10-11-12-13-14-15-19(23)22-18(21(26)27)16-17-20(24)25;/h18H,2-17H2,1H3,(H,22,23)(H,24,25)(H,26,27);/q;+2/p-2. The van der Waals surface area contributed by atoms with Crippen LogP contribution in [-0.4, -0.2) is 23.9 Å². The van der Waals surface area contributed by atoms with E-state index in [0.29, 0.717) is 6.42 Å². The van der Waals surface area contributed by atoms with Gasteiger partial charge in [-0.25, -0.2) is 0 Å². The minimum absolute atomic E-state index is 0. The van der Waals surface area contributed by atoms with Crippen LogP contribution in [0.1, 0.15) is 110 Å². The van der Waals surface area contributed by atoms with Gasteiger partial charge in [0, 0.05) is 12.4 Å². The Morgan fingerprint density at radius 2 is 1.14 bits per heavy atom. The van der Waals surface area contributed by atoms with E-state index in [9.17, 15) is 24.6 Å². The Bertz CT molecular complexity index is 418. The third kappa shape index (κ3) is 19.7. The fourth-order valence-corrected chi connectivity index (χ4v) is 3.08. The maximum atomic E-state index is 11.7. The Morgan fingerprint density at radius 3 is 1.54 bits per heavy atom. The fraction of sp³-hybridized carbons (Fsp3) is 0.857. The average Bonchev–Trinajstić information content (AvgIpc) is 2.62. The topological polar surface area (TPSA) is 109 Å². The molecule has 1 N–H and O–H groups in total. The van der Waals surface area contributed by atoms with E-state index in [0.717, 1.165) is 12.8 Å². The van der Waals surface area contributed by atoms with Gasteiger partial charge in [-0.15, -0.1) is 0 Å². The average molecular weight is 439 g/mol. The summed E-state index contributed by atoms with van der Waals surface area (Å²) < 4.78 is 0. The van der Waals surface area contributed by atoms with E-state index in [1.807, 2.05) is 0 Å². The quantitative estimate of drug-likeness (QED) is 0.245. The van der Waals surface area contributed by atoms with Crippen LogP contribution in [0.15, 0.2) is 0 Å². The number of aliphatic carboxylic acids is 2. The van der Waals surface area contributed by atoms with Crippen LogP contribution < -0.4 is 15.5 Å². The van der Waals surface area contributed by atoms with E-state index in [2.05, 4.69) is 12.2 Å². The van der Waals surface area contributed by atoms with Crippen LogP contribution >= 0.6 is 0 Å². The molecule has 0 radical (unpaired) electrons. The molecule has 7 heteroatoms. The maximum Gasteiger partial charge on any atom is 2.00 e. The number of carbonyl (C=O) groups excluding carboxylic acids is 3. The van der Waals surface area contributed by atoms with E-state index in [4.69, 9.17) is 0 Å². The number of hydrogen-bond acceptors (Lipinski definition) is 5. The summed E-state index contributed by atoms with van der Waals surface area (Å²) in [6, 6.07) is -1.27. The van der Waals surface area contributed by atoms with Gasteiger partial charge < -0.3 is 25.1 Å². The number of rotatable bonds is 19. The summed E-state index contributed by atoms with van der Waals surface area (Å²) in [4.78, 5) is 33.0. The van der Waals surface area contributed by atoms with Gasteiger partial charge in [0.2, 0.25) is 5.91 Å². The first-order chi connectivity index (χ1) is 13.0. The van der Waals surface area contributed by atoms with Crippen molar-refractivity contribution in [3.8, 4) is 0 Å². The van der Waals surface area contributed by atoms with Gasteiger partial charge in [0.15, 0.2) is 0 Å². The van der Waals surface area contributed by atoms with Gasteiger partial charge in [-0.3, -0.25) is 4.79 Å². The second-order valence-corrected chi connectivity index (χ2v) is 7.34. The molecule has 0 fully saturated rings. The zero-order chi connectivity index (χ0) is 20.3. The van der Waals surface area contributed by atoms with Crippen LogP contribution in [0.25, 0.3) is 0 Å². The molecular formula is C21H37FeNO5. The minimum Gasteiger partial charge on any atom is -0.550 e. The van der Waals surface area contributed by atoms with Gasteiger partial charge in [-0.1, -0.05) is 84.0 Å². The predicted molar refractivity (Wildman–Crippen MR) is 101 cm³/mol. The molecule has 28 heavy (non-hydrogen) atoms. The molecule has 0 heterocycles. The van der Waals surface area contributed by atoms with Crippen molar-refractivity contribution < 1.29 is 41.7 Å². The molecule has 0 aromatic heterocycles. The van der Waals surface area contributed by atoms with Crippen molar-refractivity contribution in [2.45, 2.75) is 116 Å². The second-order valence-electron chi connectivity index (χ2n) is 7.34. The molecule has 0 bridgehead atoms. The summed E-state index contributed by atoms with van der Waals surface area (Å²) in [6.07, 6.45) is 15.4. The van der Waals surface area contributed by atoms with Gasteiger partial charge in [0.1, 0.15) is 0 Å². The monoisotopic (exact) mass is 439 g/mol. The summed E-state index contributed by atoms with van der Waals surface area (Å²) in [5.74, 6) is -3.17. The van der Waals surface area contributed by atoms with Crippen LogP contribution in [-0.2, 0) is 31.5 Å². The van der Waals surface area contributed by atoms with Crippen LogP contribution in [0, 0.1) is 0 Å². The molecular weight excluding hydrogens is 402 g/mol. The smallest absolute Gasteiger partial charge is 0.550 e. The van der Waals surface area contributed by atoms with E-state index in [-0.39, 0.29) is 35.8 Å². The molecule has 0 aliphatic carbocycles. The largest absolute Gasteiger partial charge is 2.00 e. The maximum absolute atomic E-state index is 11.7. The van der Waals surface area contributed by atoms with Crippen molar-refractivity contribution in [3.05, 3.63) is 0 Å². The van der Waals surface area contributed by atoms with Gasteiger partial charge in [0.25, 0.3) is 0 Å². The van der Waals surface area contributed by atoms with Gasteiger partial charge >= 0.3 is 17.1 Å². The van der Waals surface area contributed by atoms with Crippen molar-refractivity contribution >= 4 is 17.8 Å². The van der Waals surface area contributed by atoms with Crippen molar-refractivity contribution in [3.63, 3.8) is 0 Å². The molecule has 0 aromatic rings. The number of carbonyl (C=O) groups is 3. The number of carboxylic acids is 2. The van der Waals surface area contributed by atoms with E-state index in [1.54, 1.807) is 0 Å². The molecule has 1 amide bonds. The molecule has 0 saturated heterocycles. The van der Waals surface area contributed by atoms with Gasteiger partial charge in [-0.2, -0.15) is 0 Å². The molecule has 6 nitrogen and oxygen atoms in total. The minimum atomic E-state index is -1.46. The molecule has 0 aromatic carbocycles. The first kappa shape index (κ1) is 29.1. The Kier molecular flexibility index (Phi) is 21.5. The normalized spacial score (nSPS) is 11.5. The summed E-state index contributed by atoms with van der Waals surface area (Å²) in [5.41, 5.74) is 0. The van der Waals surface area contributed by atoms with Crippen molar-refractivity contribution in [2.24, 2.45) is 0 Å². The zero-order valence-electron chi connectivity index (χ0n) is 17.3. The van der Waals surface area contributed by atoms with Crippen molar-refractivity contribution in [1.82, 2.24) is 5.32 Å². The number of unbranched alkanes of at least 4 members (excludes halogenated alkanes) is 12. The second kappa shape index (κ2) is 20.7. The number of amides is 1. The van der Waals surface area contributed by atoms with Crippen LogP contribution in [0.2, 0.25) is 0 Å². The number of carboxylic acid groups (broad SMARTS) is 2. The molecule has 0 aliphatic heterocycles. The molecule has 0 saturated carbocycles. The Hall–Kier alpha value is -1.07. The van der Waals surface area contributed by atoms with Crippen molar-refractivity contribution in [2.75, 3.05) is 0 Å². The van der Waals surface area contributed by atoms with Gasteiger partial charge in [-0.05, 0) is 19.3 Å². The first-order valence-corrected chi connectivity index (χ1v) is 10.7. The SMILES string of the molecule is CCCCCCCCCCCCCCCC(=O)NC(CCC(=O)[O-])C(=O)[O-].[Fe+2]. The summed E-state index contributed by atoms with van der Waals surface area (Å²) in [7, 11) is 0. The van der Waals surface area contributed by atoms with Crippen LogP contribution in [0.3, 0.4) is 0 Å². The molecule has 0 aliphatic rings. The number of nitrogens with one attached hydrogen (secondary N) is 1. The first-order valence-electron chi connectivity index (χ1n) is 10.7. The Morgan fingerprint density at radius 1 is 0.714 bits per heavy atom. The van der Waals surface area contributed by atoms with Crippen LogP contribution in [0.4, 0.5) is 0 Å². The molecule has 1 atom stereocenters. The molecule has 0 spiro atoms. The van der Waals surface area contributed by atoms with E-state index < -0.39 is 24.4 Å². The molecule has 0 rings (SSSR count). The Balaban J connectivity index is 0.